The summed E-state index contributed by atoms with van der Waals surface area (Å²) in [5, 5.41) is 15.5. The summed E-state index contributed by atoms with van der Waals surface area (Å²) in [6.45, 7) is 5.33. The molecule has 0 bridgehead atoms. The Morgan fingerprint density at radius 2 is 2.12 bits per heavy atom. The molecule has 1 amide bonds. The monoisotopic (exact) mass is 300 g/mol. The molecular formula is C12H17BrN2O2. The van der Waals surface area contributed by atoms with E-state index in [0.717, 1.165) is 4.47 Å². The van der Waals surface area contributed by atoms with Crippen molar-refractivity contribution < 1.29 is 9.90 Å². The Hall–Kier alpha value is -1.07. The Morgan fingerprint density at radius 3 is 2.71 bits per heavy atom. The molecule has 0 heterocycles. The lowest BCUT2D eigenvalue weighted by Crippen LogP contribution is -2.34. The van der Waals surface area contributed by atoms with Gasteiger partial charge >= 0.3 is 0 Å². The number of hydrogen-bond acceptors (Lipinski definition) is 3. The van der Waals surface area contributed by atoms with Crippen LogP contribution in [0.4, 0.5) is 0 Å². The maximum atomic E-state index is 11.7. The van der Waals surface area contributed by atoms with Crippen molar-refractivity contribution in [3.8, 4) is 5.75 Å². The highest BCUT2D eigenvalue weighted by molar-refractivity contribution is 9.10. The highest BCUT2D eigenvalue weighted by atomic mass is 79.9. The minimum atomic E-state index is -0.263. The van der Waals surface area contributed by atoms with E-state index in [-0.39, 0.29) is 17.2 Å². The minimum Gasteiger partial charge on any atom is -0.507 e. The Balaban J connectivity index is 2.47. The Morgan fingerprint density at radius 1 is 1.41 bits per heavy atom. The molecular weight excluding hydrogens is 284 g/mol. The molecule has 0 aliphatic carbocycles. The molecule has 0 fully saturated rings. The molecule has 0 radical (unpaired) electrons. The van der Waals surface area contributed by atoms with E-state index in [9.17, 15) is 9.90 Å². The first-order valence-electron chi connectivity index (χ1n) is 5.51. The molecule has 1 aromatic rings. The van der Waals surface area contributed by atoms with Gasteiger partial charge in [0.05, 0.1) is 5.56 Å². The standard InChI is InChI=1S/C12H17BrN2O2/c1-8(2)14-5-6-15-12(17)10-4-3-9(13)7-11(10)16/h3-4,7-8,14,16H,5-6H2,1-2H3,(H,15,17). The van der Waals surface area contributed by atoms with Crippen molar-refractivity contribution >= 4 is 21.8 Å². The average Bonchev–Trinajstić information content (AvgIpc) is 2.23. The van der Waals surface area contributed by atoms with E-state index in [1.165, 1.54) is 6.07 Å². The summed E-state index contributed by atoms with van der Waals surface area (Å²) in [5.41, 5.74) is 0.290. The number of carbonyl (C=O) groups is 1. The number of phenolic OH excluding ortho intramolecular Hbond substituents is 1. The number of benzene rings is 1. The Kier molecular flexibility index (Phi) is 5.44. The van der Waals surface area contributed by atoms with Crippen LogP contribution in [-0.4, -0.2) is 30.1 Å². The van der Waals surface area contributed by atoms with E-state index in [1.54, 1.807) is 12.1 Å². The Labute approximate surface area is 110 Å². The van der Waals surface area contributed by atoms with Gasteiger partial charge in [-0.25, -0.2) is 0 Å². The van der Waals surface area contributed by atoms with Gasteiger partial charge in [0.15, 0.2) is 0 Å². The van der Waals surface area contributed by atoms with E-state index in [4.69, 9.17) is 0 Å². The fraction of sp³-hybridized carbons (Fsp3) is 0.417. The van der Waals surface area contributed by atoms with Gasteiger partial charge in [-0.1, -0.05) is 29.8 Å². The van der Waals surface area contributed by atoms with Crippen LogP contribution in [0.15, 0.2) is 22.7 Å². The van der Waals surface area contributed by atoms with E-state index >= 15 is 0 Å². The maximum absolute atomic E-state index is 11.7. The number of nitrogens with one attached hydrogen (secondary N) is 2. The molecule has 0 saturated heterocycles. The number of phenols is 1. The van der Waals surface area contributed by atoms with Crippen molar-refractivity contribution in [3.05, 3.63) is 28.2 Å². The molecule has 1 rings (SSSR count). The molecule has 5 heteroatoms. The summed E-state index contributed by atoms with van der Waals surface area (Å²) in [6, 6.07) is 5.21. The molecule has 0 aliphatic heterocycles. The molecule has 0 aliphatic rings. The number of hydrogen-bond donors (Lipinski definition) is 3. The number of aromatic hydroxyl groups is 1. The molecule has 1 aromatic carbocycles. The van der Waals surface area contributed by atoms with Crippen LogP contribution < -0.4 is 10.6 Å². The fourth-order valence-corrected chi connectivity index (χ4v) is 1.68. The van der Waals surface area contributed by atoms with Crippen LogP contribution in [0.25, 0.3) is 0 Å². The van der Waals surface area contributed by atoms with Crippen LogP contribution in [0.3, 0.4) is 0 Å². The van der Waals surface area contributed by atoms with Crippen molar-refractivity contribution in [3.63, 3.8) is 0 Å². The van der Waals surface area contributed by atoms with Crippen LogP contribution >= 0.6 is 15.9 Å². The predicted octanol–water partition coefficient (Wildman–Crippen LogP) is 1.88. The molecule has 0 aromatic heterocycles. The van der Waals surface area contributed by atoms with Gasteiger partial charge in [0.25, 0.3) is 5.91 Å². The molecule has 4 nitrogen and oxygen atoms in total. The second kappa shape index (κ2) is 6.61. The van der Waals surface area contributed by atoms with Gasteiger partial charge in [-0.15, -0.1) is 0 Å². The Bertz CT molecular complexity index is 394. The molecule has 94 valence electrons. The van der Waals surface area contributed by atoms with Crippen molar-refractivity contribution in [1.29, 1.82) is 0 Å². The average molecular weight is 301 g/mol. The number of halogens is 1. The third-order valence-electron chi connectivity index (χ3n) is 2.17. The predicted molar refractivity (Wildman–Crippen MR) is 71.3 cm³/mol. The van der Waals surface area contributed by atoms with Crippen molar-refractivity contribution in [2.24, 2.45) is 0 Å². The fourth-order valence-electron chi connectivity index (χ4n) is 1.33. The summed E-state index contributed by atoms with van der Waals surface area (Å²) in [7, 11) is 0. The van der Waals surface area contributed by atoms with Gasteiger partial charge < -0.3 is 15.7 Å². The number of carbonyl (C=O) groups excluding carboxylic acids is 1. The zero-order chi connectivity index (χ0) is 12.8. The van der Waals surface area contributed by atoms with Gasteiger partial charge in [0.2, 0.25) is 0 Å². The zero-order valence-electron chi connectivity index (χ0n) is 9.96. The highest BCUT2D eigenvalue weighted by Crippen LogP contribution is 2.21. The van der Waals surface area contributed by atoms with Crippen LogP contribution in [0.2, 0.25) is 0 Å². The third-order valence-corrected chi connectivity index (χ3v) is 2.66. The molecule has 3 N–H and O–H groups in total. The van der Waals surface area contributed by atoms with E-state index in [2.05, 4.69) is 26.6 Å². The van der Waals surface area contributed by atoms with Crippen LogP contribution in [-0.2, 0) is 0 Å². The van der Waals surface area contributed by atoms with E-state index < -0.39 is 0 Å². The summed E-state index contributed by atoms with van der Waals surface area (Å²) >= 11 is 3.22. The lowest BCUT2D eigenvalue weighted by atomic mass is 10.2. The molecule has 17 heavy (non-hydrogen) atoms. The van der Waals surface area contributed by atoms with Crippen molar-refractivity contribution in [2.45, 2.75) is 19.9 Å². The summed E-state index contributed by atoms with van der Waals surface area (Å²) in [6.07, 6.45) is 0. The van der Waals surface area contributed by atoms with Gasteiger partial charge in [-0.2, -0.15) is 0 Å². The normalized spacial score (nSPS) is 10.6. The summed E-state index contributed by atoms with van der Waals surface area (Å²) < 4.78 is 0.744. The van der Waals surface area contributed by atoms with Crippen LogP contribution in [0.1, 0.15) is 24.2 Å². The second-order valence-electron chi connectivity index (χ2n) is 4.03. The summed E-state index contributed by atoms with van der Waals surface area (Å²) in [5.74, 6) is -0.283. The SMILES string of the molecule is CC(C)NCCNC(=O)c1ccc(Br)cc1O. The van der Waals surface area contributed by atoms with E-state index in [1.807, 2.05) is 13.8 Å². The van der Waals surface area contributed by atoms with E-state index in [0.29, 0.717) is 19.1 Å². The first-order chi connectivity index (χ1) is 8.00. The topological polar surface area (TPSA) is 61.4 Å². The minimum absolute atomic E-state index is 0.0197. The highest BCUT2D eigenvalue weighted by Gasteiger charge is 2.10. The quantitative estimate of drug-likeness (QED) is 0.728. The molecule has 0 spiro atoms. The second-order valence-corrected chi connectivity index (χ2v) is 4.94. The molecule has 0 saturated carbocycles. The largest absolute Gasteiger partial charge is 0.507 e. The maximum Gasteiger partial charge on any atom is 0.255 e. The van der Waals surface area contributed by atoms with Crippen molar-refractivity contribution in [1.82, 2.24) is 10.6 Å². The lowest BCUT2D eigenvalue weighted by molar-refractivity contribution is 0.0951. The summed E-state index contributed by atoms with van der Waals surface area (Å²) in [4.78, 5) is 11.7. The smallest absolute Gasteiger partial charge is 0.255 e. The number of rotatable bonds is 5. The third kappa shape index (κ3) is 4.75. The van der Waals surface area contributed by atoms with Crippen molar-refractivity contribution in [2.75, 3.05) is 13.1 Å². The first-order valence-corrected chi connectivity index (χ1v) is 6.30. The lowest BCUT2D eigenvalue weighted by Gasteiger charge is -2.10. The molecule has 0 unspecified atom stereocenters. The zero-order valence-corrected chi connectivity index (χ0v) is 11.5. The number of amides is 1. The van der Waals surface area contributed by atoms with Gasteiger partial charge in [0, 0.05) is 23.6 Å². The van der Waals surface area contributed by atoms with Crippen LogP contribution in [0.5, 0.6) is 5.75 Å². The van der Waals surface area contributed by atoms with Gasteiger partial charge in [-0.05, 0) is 18.2 Å². The van der Waals surface area contributed by atoms with Crippen LogP contribution in [0, 0.1) is 0 Å². The molecule has 0 atom stereocenters. The van der Waals surface area contributed by atoms with Gasteiger partial charge in [-0.3, -0.25) is 4.79 Å². The first kappa shape index (κ1) is 14.0. The van der Waals surface area contributed by atoms with Gasteiger partial charge in [0.1, 0.15) is 5.75 Å².